The predicted molar refractivity (Wildman–Crippen MR) is 96.2 cm³/mol. The number of hydrogen-bond acceptors (Lipinski definition) is 5. The van der Waals surface area contributed by atoms with Crippen molar-refractivity contribution in [3.05, 3.63) is 64.5 Å². The highest BCUT2D eigenvalue weighted by atomic mass is 16.5. The molecule has 0 amide bonds. The van der Waals surface area contributed by atoms with Gasteiger partial charge in [0, 0.05) is 6.07 Å². The zero-order chi connectivity index (χ0) is 18.7. The number of benzene rings is 2. The highest BCUT2D eigenvalue weighted by Gasteiger charge is 2.11. The molecule has 2 aromatic carbocycles. The van der Waals surface area contributed by atoms with Crippen LogP contribution in [0.5, 0.6) is 17.2 Å². The molecule has 26 heavy (non-hydrogen) atoms. The summed E-state index contributed by atoms with van der Waals surface area (Å²) in [6.07, 6.45) is 1.24. The zero-order valence-electron chi connectivity index (χ0n) is 14.4. The molecule has 0 unspecified atom stereocenters. The zero-order valence-corrected chi connectivity index (χ0v) is 14.4. The molecule has 0 radical (unpaired) electrons. The molecule has 1 heterocycles. The number of carbonyl (C=O) groups is 1. The Morgan fingerprint density at radius 1 is 1.15 bits per heavy atom. The first-order valence-corrected chi connectivity index (χ1v) is 8.12. The Bertz CT molecular complexity index is 1000. The molecule has 1 N–H and O–H groups in total. The molecule has 0 bridgehead atoms. The van der Waals surface area contributed by atoms with Gasteiger partial charge in [0.1, 0.15) is 23.3 Å². The lowest BCUT2D eigenvalue weighted by molar-refractivity contribution is -0.139. The summed E-state index contributed by atoms with van der Waals surface area (Å²) in [7, 11) is 0. The molecule has 6 heteroatoms. The lowest BCUT2D eigenvalue weighted by Gasteiger charge is -2.10. The van der Waals surface area contributed by atoms with E-state index in [1.54, 1.807) is 6.07 Å². The van der Waals surface area contributed by atoms with Gasteiger partial charge in [0.25, 0.3) is 0 Å². The van der Waals surface area contributed by atoms with E-state index in [0.29, 0.717) is 28.4 Å². The highest BCUT2D eigenvalue weighted by Crippen LogP contribution is 2.26. The molecular formula is C20H18O6. The van der Waals surface area contributed by atoms with E-state index in [4.69, 9.17) is 19.0 Å². The van der Waals surface area contributed by atoms with Gasteiger partial charge in [-0.05, 0) is 35.7 Å². The summed E-state index contributed by atoms with van der Waals surface area (Å²) in [5.74, 6) is 0.206. The van der Waals surface area contributed by atoms with Gasteiger partial charge in [0.2, 0.25) is 11.2 Å². The van der Waals surface area contributed by atoms with Crippen LogP contribution in [0.15, 0.2) is 57.9 Å². The van der Waals surface area contributed by atoms with Crippen molar-refractivity contribution in [1.29, 1.82) is 0 Å². The van der Waals surface area contributed by atoms with E-state index in [2.05, 4.69) is 13.8 Å². The van der Waals surface area contributed by atoms with Crippen LogP contribution in [0.1, 0.15) is 25.3 Å². The molecule has 6 nitrogen and oxygen atoms in total. The third-order valence-corrected chi connectivity index (χ3v) is 3.83. The van der Waals surface area contributed by atoms with Crippen LogP contribution in [0, 0.1) is 0 Å². The molecule has 0 aliphatic heterocycles. The molecule has 0 aliphatic rings. The highest BCUT2D eigenvalue weighted by molar-refractivity contribution is 5.79. The first kappa shape index (κ1) is 17.5. The average Bonchev–Trinajstić information content (AvgIpc) is 2.62. The number of carboxylic acids is 1. The summed E-state index contributed by atoms with van der Waals surface area (Å²) in [5.41, 5.74) is 1.08. The van der Waals surface area contributed by atoms with Gasteiger partial charge < -0.3 is 19.0 Å². The van der Waals surface area contributed by atoms with E-state index in [1.165, 1.54) is 24.5 Å². The standard InChI is InChI=1S/C20H18O6/c1-12(2)13-4-3-5-15(8-13)26-18-10-25-17-9-14(24-11-19(21)22)6-7-16(17)20(18)23/h3-10,12H,11H2,1-2H3,(H,21,22). The van der Waals surface area contributed by atoms with E-state index < -0.39 is 12.6 Å². The second-order valence-corrected chi connectivity index (χ2v) is 6.10. The van der Waals surface area contributed by atoms with Gasteiger partial charge in [0.05, 0.1) is 5.39 Å². The summed E-state index contributed by atoms with van der Waals surface area (Å²) in [6.45, 7) is 3.68. The molecule has 0 saturated carbocycles. The molecule has 0 saturated heterocycles. The Balaban J connectivity index is 1.90. The molecule has 0 aliphatic carbocycles. The molecule has 0 atom stereocenters. The van der Waals surface area contributed by atoms with Gasteiger partial charge >= 0.3 is 5.97 Å². The van der Waals surface area contributed by atoms with E-state index in [9.17, 15) is 9.59 Å². The third-order valence-electron chi connectivity index (χ3n) is 3.83. The van der Waals surface area contributed by atoms with Crippen molar-refractivity contribution in [3.8, 4) is 17.2 Å². The Morgan fingerprint density at radius 2 is 1.96 bits per heavy atom. The van der Waals surface area contributed by atoms with Crippen LogP contribution in [0.4, 0.5) is 0 Å². The maximum Gasteiger partial charge on any atom is 0.341 e. The topological polar surface area (TPSA) is 86.0 Å². The number of hydrogen-bond donors (Lipinski definition) is 1. The van der Waals surface area contributed by atoms with Crippen molar-refractivity contribution in [2.75, 3.05) is 6.61 Å². The van der Waals surface area contributed by atoms with Crippen LogP contribution < -0.4 is 14.9 Å². The SMILES string of the molecule is CC(C)c1cccc(Oc2coc3cc(OCC(=O)O)ccc3c2=O)c1. The maximum absolute atomic E-state index is 12.6. The Morgan fingerprint density at radius 3 is 2.69 bits per heavy atom. The molecular weight excluding hydrogens is 336 g/mol. The summed E-state index contributed by atoms with van der Waals surface area (Å²) < 4.78 is 16.3. The minimum atomic E-state index is -1.08. The van der Waals surface area contributed by atoms with E-state index in [1.807, 2.05) is 18.2 Å². The van der Waals surface area contributed by atoms with Crippen LogP contribution >= 0.6 is 0 Å². The van der Waals surface area contributed by atoms with Gasteiger partial charge in [-0.2, -0.15) is 0 Å². The first-order valence-electron chi connectivity index (χ1n) is 8.12. The smallest absolute Gasteiger partial charge is 0.341 e. The van der Waals surface area contributed by atoms with E-state index in [-0.39, 0.29) is 11.2 Å². The Hall–Kier alpha value is -3.28. The molecule has 1 aromatic heterocycles. The van der Waals surface area contributed by atoms with Gasteiger partial charge in [0.15, 0.2) is 6.61 Å². The van der Waals surface area contributed by atoms with Crippen LogP contribution in [0.2, 0.25) is 0 Å². The molecule has 0 fully saturated rings. The fourth-order valence-corrected chi connectivity index (χ4v) is 2.46. The molecule has 134 valence electrons. The number of aliphatic carboxylic acids is 1. The average molecular weight is 354 g/mol. The fraction of sp³-hybridized carbons (Fsp3) is 0.200. The molecule has 3 aromatic rings. The minimum Gasteiger partial charge on any atom is -0.482 e. The quantitative estimate of drug-likeness (QED) is 0.715. The first-order chi connectivity index (χ1) is 12.4. The van der Waals surface area contributed by atoms with Gasteiger partial charge in [-0.1, -0.05) is 26.0 Å². The molecule has 3 rings (SSSR count). The van der Waals surface area contributed by atoms with Crippen molar-refractivity contribution in [2.24, 2.45) is 0 Å². The van der Waals surface area contributed by atoms with Gasteiger partial charge in [-0.3, -0.25) is 4.79 Å². The van der Waals surface area contributed by atoms with Crippen LogP contribution in [0.3, 0.4) is 0 Å². The van der Waals surface area contributed by atoms with Crippen LogP contribution in [-0.4, -0.2) is 17.7 Å². The Kier molecular flexibility index (Phi) is 4.93. The number of fused-ring (bicyclic) bond motifs is 1. The number of rotatable bonds is 6. The largest absolute Gasteiger partial charge is 0.482 e. The van der Waals surface area contributed by atoms with Crippen LogP contribution in [0.25, 0.3) is 11.0 Å². The van der Waals surface area contributed by atoms with Gasteiger partial charge in [-0.15, -0.1) is 0 Å². The maximum atomic E-state index is 12.6. The number of carboxylic acid groups (broad SMARTS) is 1. The summed E-state index contributed by atoms with van der Waals surface area (Å²) in [6, 6.07) is 12.1. The summed E-state index contributed by atoms with van der Waals surface area (Å²) >= 11 is 0. The lowest BCUT2D eigenvalue weighted by Crippen LogP contribution is -2.09. The van der Waals surface area contributed by atoms with E-state index in [0.717, 1.165) is 5.56 Å². The van der Waals surface area contributed by atoms with Crippen molar-refractivity contribution < 1.29 is 23.8 Å². The summed E-state index contributed by atoms with van der Waals surface area (Å²) in [4.78, 5) is 23.2. The van der Waals surface area contributed by atoms with Crippen LogP contribution in [-0.2, 0) is 4.79 Å². The number of ether oxygens (including phenoxy) is 2. The predicted octanol–water partition coefficient (Wildman–Crippen LogP) is 4.17. The van der Waals surface area contributed by atoms with Crippen molar-refractivity contribution in [1.82, 2.24) is 0 Å². The minimum absolute atomic E-state index is 0.0811. The van der Waals surface area contributed by atoms with Crippen molar-refractivity contribution in [3.63, 3.8) is 0 Å². The van der Waals surface area contributed by atoms with Gasteiger partial charge in [-0.25, -0.2) is 4.79 Å². The molecule has 0 spiro atoms. The Labute approximate surface area is 149 Å². The third kappa shape index (κ3) is 3.85. The second kappa shape index (κ2) is 7.31. The van der Waals surface area contributed by atoms with Crippen molar-refractivity contribution >= 4 is 16.9 Å². The second-order valence-electron chi connectivity index (χ2n) is 6.10. The summed E-state index contributed by atoms with van der Waals surface area (Å²) in [5, 5.41) is 8.97. The normalized spacial score (nSPS) is 10.9. The lowest BCUT2D eigenvalue weighted by atomic mass is 10.0. The monoisotopic (exact) mass is 354 g/mol. The van der Waals surface area contributed by atoms with Crippen molar-refractivity contribution in [2.45, 2.75) is 19.8 Å². The van der Waals surface area contributed by atoms with E-state index >= 15 is 0 Å². The fourth-order valence-electron chi connectivity index (χ4n) is 2.46.